The molecule has 7 heteroatoms. The summed E-state index contributed by atoms with van der Waals surface area (Å²) in [6.07, 6.45) is 4.93. The second kappa shape index (κ2) is 6.10. The standard InChI is InChI=1S/C16H17N3O3S/c17-16(20)13-3-5-14(6-4-13)23(21,22)19-11-1-2-15(19)12-7-9-18-10-8-12/h3-10,15H,1-2,11H2,(H2,17,20)/t15-/m1/s1. The van der Waals surface area contributed by atoms with E-state index in [-0.39, 0.29) is 16.5 Å². The molecule has 2 heterocycles. The van der Waals surface area contributed by atoms with Crippen molar-refractivity contribution in [3.8, 4) is 0 Å². The normalized spacial score (nSPS) is 18.9. The third kappa shape index (κ3) is 2.97. The lowest BCUT2D eigenvalue weighted by molar-refractivity contribution is 0.1000. The fourth-order valence-corrected chi connectivity index (χ4v) is 4.56. The van der Waals surface area contributed by atoms with Crippen molar-refractivity contribution < 1.29 is 13.2 Å². The van der Waals surface area contributed by atoms with E-state index >= 15 is 0 Å². The molecule has 0 radical (unpaired) electrons. The fraction of sp³-hybridized carbons (Fsp3) is 0.250. The molecule has 120 valence electrons. The molecule has 1 amide bonds. The number of nitrogens with zero attached hydrogens (tertiary/aromatic N) is 2. The number of pyridine rings is 1. The largest absolute Gasteiger partial charge is 0.366 e. The lowest BCUT2D eigenvalue weighted by Gasteiger charge is -2.24. The Morgan fingerprint density at radius 1 is 1.13 bits per heavy atom. The first kappa shape index (κ1) is 15.6. The van der Waals surface area contributed by atoms with Crippen LogP contribution in [0.25, 0.3) is 0 Å². The first-order chi connectivity index (χ1) is 11.0. The van der Waals surface area contributed by atoms with Crippen molar-refractivity contribution in [2.45, 2.75) is 23.8 Å². The van der Waals surface area contributed by atoms with Gasteiger partial charge >= 0.3 is 0 Å². The van der Waals surface area contributed by atoms with Crippen molar-refractivity contribution in [1.29, 1.82) is 0 Å². The van der Waals surface area contributed by atoms with E-state index < -0.39 is 15.9 Å². The van der Waals surface area contributed by atoms with E-state index in [9.17, 15) is 13.2 Å². The van der Waals surface area contributed by atoms with E-state index in [1.54, 1.807) is 12.4 Å². The second-order valence-corrected chi connectivity index (χ2v) is 7.33. The zero-order valence-electron chi connectivity index (χ0n) is 12.4. The van der Waals surface area contributed by atoms with Crippen LogP contribution in [0.3, 0.4) is 0 Å². The SMILES string of the molecule is NC(=O)c1ccc(S(=O)(=O)N2CCC[C@@H]2c2ccncc2)cc1. The quantitative estimate of drug-likeness (QED) is 0.923. The van der Waals surface area contributed by atoms with Crippen LogP contribution in [0.1, 0.15) is 34.8 Å². The minimum absolute atomic E-state index is 0.170. The van der Waals surface area contributed by atoms with Gasteiger partial charge in [0.05, 0.1) is 10.9 Å². The number of aromatic nitrogens is 1. The Labute approximate surface area is 135 Å². The van der Waals surface area contributed by atoms with Crippen molar-refractivity contribution in [1.82, 2.24) is 9.29 Å². The predicted octanol–water partition coefficient (Wildman–Crippen LogP) is 1.71. The summed E-state index contributed by atoms with van der Waals surface area (Å²) < 4.78 is 27.3. The van der Waals surface area contributed by atoms with Crippen molar-refractivity contribution >= 4 is 15.9 Å². The Hall–Kier alpha value is -2.25. The van der Waals surface area contributed by atoms with Gasteiger partial charge in [0.25, 0.3) is 0 Å². The van der Waals surface area contributed by atoms with Crippen LogP contribution in [0.4, 0.5) is 0 Å². The minimum atomic E-state index is -3.62. The van der Waals surface area contributed by atoms with Crippen LogP contribution in [0.2, 0.25) is 0 Å². The van der Waals surface area contributed by atoms with Crippen molar-refractivity contribution in [2.75, 3.05) is 6.54 Å². The average molecular weight is 331 g/mol. The van der Waals surface area contributed by atoms with Crippen molar-refractivity contribution in [3.63, 3.8) is 0 Å². The Balaban J connectivity index is 1.93. The maximum atomic E-state index is 12.9. The third-order valence-corrected chi connectivity index (χ3v) is 5.96. The highest BCUT2D eigenvalue weighted by Gasteiger charge is 2.36. The summed E-state index contributed by atoms with van der Waals surface area (Å²) in [6, 6.07) is 9.23. The number of carbonyl (C=O) groups excluding carboxylic acids is 1. The second-order valence-electron chi connectivity index (χ2n) is 5.44. The molecule has 0 saturated carbocycles. The van der Waals surface area contributed by atoms with Gasteiger partial charge in [-0.15, -0.1) is 0 Å². The van der Waals surface area contributed by atoms with Gasteiger partial charge < -0.3 is 5.73 Å². The van der Waals surface area contributed by atoms with E-state index in [1.807, 2.05) is 12.1 Å². The number of benzene rings is 1. The Bertz CT molecular complexity index is 804. The van der Waals surface area contributed by atoms with Gasteiger partial charge in [-0.25, -0.2) is 8.42 Å². The van der Waals surface area contributed by atoms with E-state index in [4.69, 9.17) is 5.73 Å². The summed E-state index contributed by atoms with van der Waals surface area (Å²) in [5.41, 5.74) is 6.42. The highest BCUT2D eigenvalue weighted by atomic mass is 32.2. The van der Waals surface area contributed by atoms with E-state index in [1.165, 1.54) is 28.6 Å². The molecule has 1 saturated heterocycles. The summed E-state index contributed by atoms with van der Waals surface area (Å²) in [5, 5.41) is 0. The molecule has 1 atom stereocenters. The smallest absolute Gasteiger partial charge is 0.248 e. The summed E-state index contributed by atoms with van der Waals surface area (Å²) in [7, 11) is -3.62. The molecule has 0 spiro atoms. The monoisotopic (exact) mass is 331 g/mol. The molecule has 23 heavy (non-hydrogen) atoms. The lowest BCUT2D eigenvalue weighted by Crippen LogP contribution is -2.30. The molecule has 0 unspecified atom stereocenters. The number of nitrogens with two attached hydrogens (primary N) is 1. The molecule has 1 aromatic heterocycles. The number of amides is 1. The van der Waals surface area contributed by atoms with Crippen LogP contribution in [0.15, 0.2) is 53.7 Å². The third-order valence-electron chi connectivity index (χ3n) is 4.04. The molecule has 3 rings (SSSR count). The predicted molar refractivity (Wildman–Crippen MR) is 85.1 cm³/mol. The van der Waals surface area contributed by atoms with Gasteiger partial charge in [0.15, 0.2) is 0 Å². The molecule has 0 aliphatic carbocycles. The first-order valence-electron chi connectivity index (χ1n) is 7.32. The molecule has 1 fully saturated rings. The van der Waals surface area contributed by atoms with E-state index in [0.717, 1.165) is 18.4 Å². The van der Waals surface area contributed by atoms with Crippen LogP contribution in [0, 0.1) is 0 Å². The molecule has 1 aromatic carbocycles. The number of hydrogen-bond donors (Lipinski definition) is 1. The molecule has 1 aliphatic rings. The summed E-state index contributed by atoms with van der Waals surface area (Å²) in [4.78, 5) is 15.3. The topological polar surface area (TPSA) is 93.4 Å². The van der Waals surface area contributed by atoms with Crippen molar-refractivity contribution in [2.24, 2.45) is 5.73 Å². The van der Waals surface area contributed by atoms with E-state index in [0.29, 0.717) is 6.54 Å². The summed E-state index contributed by atoms with van der Waals surface area (Å²) in [5.74, 6) is -0.579. The fourth-order valence-electron chi connectivity index (χ4n) is 2.87. The molecule has 6 nitrogen and oxygen atoms in total. The maximum Gasteiger partial charge on any atom is 0.248 e. The maximum absolute atomic E-state index is 12.9. The molecule has 0 bridgehead atoms. The van der Waals surface area contributed by atoms with Gasteiger partial charge in [0.1, 0.15) is 0 Å². The van der Waals surface area contributed by atoms with Crippen LogP contribution < -0.4 is 5.73 Å². The number of sulfonamides is 1. The van der Waals surface area contributed by atoms with Gasteiger partial charge in [-0.2, -0.15) is 4.31 Å². The lowest BCUT2D eigenvalue weighted by atomic mass is 10.1. The van der Waals surface area contributed by atoms with Crippen LogP contribution in [0.5, 0.6) is 0 Å². The number of rotatable bonds is 4. The minimum Gasteiger partial charge on any atom is -0.366 e. The van der Waals surface area contributed by atoms with Gasteiger partial charge in [0, 0.05) is 24.5 Å². The van der Waals surface area contributed by atoms with Gasteiger partial charge in [0.2, 0.25) is 15.9 Å². The van der Waals surface area contributed by atoms with Crippen LogP contribution in [-0.4, -0.2) is 30.2 Å². The first-order valence-corrected chi connectivity index (χ1v) is 8.76. The van der Waals surface area contributed by atoms with Gasteiger partial charge in [-0.1, -0.05) is 0 Å². The molecular formula is C16H17N3O3S. The number of primary amides is 1. The molecule has 2 N–H and O–H groups in total. The zero-order valence-corrected chi connectivity index (χ0v) is 13.2. The van der Waals surface area contributed by atoms with Crippen molar-refractivity contribution in [3.05, 3.63) is 59.9 Å². The summed E-state index contributed by atoms with van der Waals surface area (Å²) in [6.45, 7) is 0.479. The van der Waals surface area contributed by atoms with Crippen LogP contribution in [-0.2, 0) is 10.0 Å². The van der Waals surface area contributed by atoms with E-state index in [2.05, 4.69) is 4.98 Å². The molecular weight excluding hydrogens is 314 g/mol. The Morgan fingerprint density at radius 3 is 2.39 bits per heavy atom. The Morgan fingerprint density at radius 2 is 1.78 bits per heavy atom. The molecule has 2 aromatic rings. The summed E-state index contributed by atoms with van der Waals surface area (Å²) >= 11 is 0. The van der Waals surface area contributed by atoms with Crippen LogP contribution >= 0.6 is 0 Å². The number of hydrogen-bond acceptors (Lipinski definition) is 4. The highest BCUT2D eigenvalue weighted by molar-refractivity contribution is 7.89. The average Bonchev–Trinajstić information content (AvgIpc) is 3.06. The number of carbonyl (C=O) groups is 1. The highest BCUT2D eigenvalue weighted by Crippen LogP contribution is 2.36. The Kier molecular flexibility index (Phi) is 4.14. The zero-order chi connectivity index (χ0) is 16.4. The van der Waals surface area contributed by atoms with Gasteiger partial charge in [-0.05, 0) is 54.8 Å². The molecule has 1 aliphatic heterocycles. The van der Waals surface area contributed by atoms with Gasteiger partial charge in [-0.3, -0.25) is 9.78 Å².